The second-order valence-corrected chi connectivity index (χ2v) is 2.74. The molecule has 0 heteroatoms. The summed E-state index contributed by atoms with van der Waals surface area (Å²) in [6.07, 6.45) is 17.1. The second kappa shape index (κ2) is 4.73. The van der Waals surface area contributed by atoms with Crippen molar-refractivity contribution in [2.45, 2.75) is 19.8 Å². The molecule has 0 aromatic rings. The van der Waals surface area contributed by atoms with Gasteiger partial charge in [-0.3, -0.25) is 0 Å². The Morgan fingerprint density at radius 1 is 1.00 bits per heavy atom. The standard InChI is InChI=1S/C6H8.C5H6/c1-6-4-2-3-5-6;1-2-4-5-3-1/h2-4H,5H2,1H3;1-4H,5H2. The molecule has 0 fully saturated rings. The molecule has 0 bridgehead atoms. The summed E-state index contributed by atoms with van der Waals surface area (Å²) in [6, 6.07) is 0. The first-order valence-corrected chi connectivity index (χ1v) is 4.03. The number of hydrogen-bond donors (Lipinski definition) is 0. The van der Waals surface area contributed by atoms with E-state index in [1.807, 2.05) is 0 Å². The van der Waals surface area contributed by atoms with Gasteiger partial charge >= 0.3 is 0 Å². The molecule has 0 unspecified atom stereocenters. The van der Waals surface area contributed by atoms with Crippen LogP contribution < -0.4 is 0 Å². The summed E-state index contributed by atoms with van der Waals surface area (Å²) in [4.78, 5) is 0. The summed E-state index contributed by atoms with van der Waals surface area (Å²) >= 11 is 0. The zero-order valence-corrected chi connectivity index (χ0v) is 6.96. The second-order valence-electron chi connectivity index (χ2n) is 2.74. The van der Waals surface area contributed by atoms with Gasteiger partial charge in [-0.2, -0.15) is 0 Å². The predicted molar refractivity (Wildman–Crippen MR) is 50.4 cm³/mol. The Bertz CT molecular complexity index is 204. The Balaban J connectivity index is 0.000000112. The van der Waals surface area contributed by atoms with E-state index in [9.17, 15) is 0 Å². The van der Waals surface area contributed by atoms with E-state index >= 15 is 0 Å². The molecule has 0 radical (unpaired) electrons. The molecule has 0 N–H and O–H groups in total. The van der Waals surface area contributed by atoms with E-state index in [2.05, 4.69) is 49.5 Å². The maximum Gasteiger partial charge on any atom is -0.0135 e. The Morgan fingerprint density at radius 2 is 1.73 bits per heavy atom. The maximum atomic E-state index is 2.16. The summed E-state index contributed by atoms with van der Waals surface area (Å²) in [5, 5.41) is 0. The summed E-state index contributed by atoms with van der Waals surface area (Å²) < 4.78 is 0. The van der Waals surface area contributed by atoms with Gasteiger partial charge in [0.2, 0.25) is 0 Å². The van der Waals surface area contributed by atoms with Crippen molar-refractivity contribution in [3.63, 3.8) is 0 Å². The van der Waals surface area contributed by atoms with Crippen LogP contribution in [0.25, 0.3) is 0 Å². The van der Waals surface area contributed by atoms with Crippen molar-refractivity contribution in [3.05, 3.63) is 48.1 Å². The van der Waals surface area contributed by atoms with E-state index in [1.54, 1.807) is 0 Å². The van der Waals surface area contributed by atoms with Crippen molar-refractivity contribution >= 4 is 0 Å². The molecule has 2 rings (SSSR count). The van der Waals surface area contributed by atoms with E-state index < -0.39 is 0 Å². The van der Waals surface area contributed by atoms with Gasteiger partial charge in [0.05, 0.1) is 0 Å². The first kappa shape index (κ1) is 8.06. The lowest BCUT2D eigenvalue weighted by molar-refractivity contribution is 1.25. The fraction of sp³-hybridized carbons (Fsp3) is 0.273. The predicted octanol–water partition coefficient (Wildman–Crippen LogP) is 3.40. The Hall–Kier alpha value is -1.04. The minimum atomic E-state index is 1.14. The number of hydrogen-bond acceptors (Lipinski definition) is 0. The smallest absolute Gasteiger partial charge is 0.0135 e. The lowest BCUT2D eigenvalue weighted by Gasteiger charge is -1.78. The monoisotopic (exact) mass is 146 g/mol. The van der Waals surface area contributed by atoms with Crippen molar-refractivity contribution in [1.82, 2.24) is 0 Å². The first-order valence-electron chi connectivity index (χ1n) is 4.03. The molecule has 0 saturated carbocycles. The molecule has 11 heavy (non-hydrogen) atoms. The van der Waals surface area contributed by atoms with Gasteiger partial charge in [-0.05, 0) is 19.8 Å². The minimum Gasteiger partial charge on any atom is -0.0808 e. The van der Waals surface area contributed by atoms with Crippen LogP contribution in [0.2, 0.25) is 0 Å². The summed E-state index contributed by atoms with van der Waals surface area (Å²) in [7, 11) is 0. The third kappa shape index (κ3) is 3.61. The maximum absolute atomic E-state index is 2.16. The van der Waals surface area contributed by atoms with Crippen LogP contribution in [0.1, 0.15) is 19.8 Å². The SMILES string of the molecule is C1=CCC=C1.CC1=CC=CC1. The average Bonchev–Trinajstić information content (AvgIpc) is 2.57. The van der Waals surface area contributed by atoms with Gasteiger partial charge in [0.15, 0.2) is 0 Å². The van der Waals surface area contributed by atoms with Crippen molar-refractivity contribution in [2.24, 2.45) is 0 Å². The molecule has 0 aliphatic heterocycles. The molecule has 0 atom stereocenters. The van der Waals surface area contributed by atoms with E-state index in [0.717, 1.165) is 6.42 Å². The third-order valence-electron chi connectivity index (χ3n) is 1.61. The molecule has 0 spiro atoms. The largest absolute Gasteiger partial charge is 0.0808 e. The molecule has 0 saturated heterocycles. The molecule has 0 aromatic heterocycles. The molecule has 0 nitrogen and oxygen atoms in total. The van der Waals surface area contributed by atoms with Gasteiger partial charge in [0.1, 0.15) is 0 Å². The van der Waals surface area contributed by atoms with Gasteiger partial charge in [-0.15, -0.1) is 0 Å². The molecule has 0 aromatic carbocycles. The summed E-state index contributed by atoms with van der Waals surface area (Å²) in [5.41, 5.74) is 1.47. The highest BCUT2D eigenvalue weighted by Gasteiger charge is 1.86. The van der Waals surface area contributed by atoms with Gasteiger partial charge in [0.25, 0.3) is 0 Å². The van der Waals surface area contributed by atoms with Crippen molar-refractivity contribution in [2.75, 3.05) is 0 Å². The fourth-order valence-corrected chi connectivity index (χ4v) is 0.947. The fourth-order valence-electron chi connectivity index (χ4n) is 0.947. The van der Waals surface area contributed by atoms with Crippen molar-refractivity contribution in [1.29, 1.82) is 0 Å². The van der Waals surface area contributed by atoms with E-state index in [1.165, 1.54) is 12.0 Å². The molecule has 58 valence electrons. The lowest BCUT2D eigenvalue weighted by atomic mass is 10.3. The van der Waals surface area contributed by atoms with Crippen LogP contribution in [0, 0.1) is 0 Å². The van der Waals surface area contributed by atoms with Gasteiger partial charge < -0.3 is 0 Å². The van der Waals surface area contributed by atoms with Crippen LogP contribution in [0.15, 0.2) is 48.1 Å². The van der Waals surface area contributed by atoms with Crippen molar-refractivity contribution < 1.29 is 0 Å². The van der Waals surface area contributed by atoms with Crippen LogP contribution >= 0.6 is 0 Å². The van der Waals surface area contributed by atoms with E-state index in [-0.39, 0.29) is 0 Å². The van der Waals surface area contributed by atoms with Crippen LogP contribution in [0.5, 0.6) is 0 Å². The zero-order valence-electron chi connectivity index (χ0n) is 6.96. The van der Waals surface area contributed by atoms with Gasteiger partial charge in [-0.1, -0.05) is 48.1 Å². The molecular formula is C11H14. The molecule has 2 aliphatic carbocycles. The number of allylic oxidation sites excluding steroid dienone is 8. The molecular weight excluding hydrogens is 132 g/mol. The topological polar surface area (TPSA) is 0 Å². The highest BCUT2D eigenvalue weighted by Crippen LogP contribution is 2.06. The molecule has 0 amide bonds. The quantitative estimate of drug-likeness (QED) is 0.491. The van der Waals surface area contributed by atoms with E-state index in [0.29, 0.717) is 0 Å². The summed E-state index contributed by atoms with van der Waals surface area (Å²) in [5.74, 6) is 0. The Morgan fingerprint density at radius 3 is 1.91 bits per heavy atom. The zero-order chi connectivity index (χ0) is 7.94. The highest BCUT2D eigenvalue weighted by atomic mass is 13.9. The van der Waals surface area contributed by atoms with Gasteiger partial charge in [0, 0.05) is 0 Å². The summed E-state index contributed by atoms with van der Waals surface area (Å²) in [6.45, 7) is 2.14. The van der Waals surface area contributed by atoms with Crippen LogP contribution in [-0.4, -0.2) is 0 Å². The van der Waals surface area contributed by atoms with Crippen molar-refractivity contribution in [3.8, 4) is 0 Å². The minimum absolute atomic E-state index is 1.14. The third-order valence-corrected chi connectivity index (χ3v) is 1.61. The normalized spacial score (nSPS) is 18.1. The first-order chi connectivity index (χ1) is 5.39. The van der Waals surface area contributed by atoms with E-state index in [4.69, 9.17) is 0 Å². The van der Waals surface area contributed by atoms with Crippen LogP contribution in [0.3, 0.4) is 0 Å². The Labute approximate surface area is 68.6 Å². The van der Waals surface area contributed by atoms with Gasteiger partial charge in [-0.25, -0.2) is 0 Å². The lowest BCUT2D eigenvalue weighted by Crippen LogP contribution is -1.58. The highest BCUT2D eigenvalue weighted by molar-refractivity contribution is 5.20. The Kier molecular flexibility index (Phi) is 3.46. The van der Waals surface area contributed by atoms with Crippen LogP contribution in [0.4, 0.5) is 0 Å². The number of rotatable bonds is 0. The molecule has 0 heterocycles. The average molecular weight is 146 g/mol. The van der Waals surface area contributed by atoms with Crippen LogP contribution in [-0.2, 0) is 0 Å². The molecule has 2 aliphatic rings.